The number of nitrogens with zero attached hydrogens (tertiary/aromatic N) is 2. The van der Waals surface area contributed by atoms with Gasteiger partial charge in [0.1, 0.15) is 11.5 Å². The molecule has 0 bridgehead atoms. The number of thiazole rings is 1. The van der Waals surface area contributed by atoms with E-state index in [-0.39, 0.29) is 28.0 Å². The van der Waals surface area contributed by atoms with Crippen LogP contribution in [0.2, 0.25) is 0 Å². The minimum Gasteiger partial charge on any atom is -0.454 e. The van der Waals surface area contributed by atoms with Gasteiger partial charge >= 0.3 is 6.18 Å². The summed E-state index contributed by atoms with van der Waals surface area (Å²) >= 11 is 1.29. The molecule has 4 rings (SSSR count). The molecule has 0 aliphatic rings. The summed E-state index contributed by atoms with van der Waals surface area (Å²) in [6.45, 7) is 0. The van der Waals surface area contributed by atoms with Crippen LogP contribution in [-0.4, -0.2) is 15.1 Å². The van der Waals surface area contributed by atoms with Gasteiger partial charge in [-0.05, 0) is 24.3 Å². The van der Waals surface area contributed by atoms with Crippen LogP contribution in [0.25, 0.3) is 22.3 Å². The summed E-state index contributed by atoms with van der Waals surface area (Å²) in [5.74, 6) is -0.277. The number of rotatable bonds is 4. The molecule has 0 radical (unpaired) electrons. The predicted octanol–water partition coefficient (Wildman–Crippen LogP) is 4.43. The third kappa shape index (κ3) is 3.71. The summed E-state index contributed by atoms with van der Waals surface area (Å²) in [5.41, 5.74) is 0.120. The van der Waals surface area contributed by atoms with Gasteiger partial charge in [-0.25, -0.2) is 4.98 Å². The van der Waals surface area contributed by atoms with E-state index in [4.69, 9.17) is 4.42 Å². The van der Waals surface area contributed by atoms with Crippen molar-refractivity contribution in [3.63, 3.8) is 0 Å². The maximum atomic E-state index is 13.3. The number of benzene rings is 1. The molecule has 4 aromatic rings. The molecular formula is C19H12F3N3O3S. The number of hydrogen-bond acceptors (Lipinski definition) is 7. The number of anilines is 1. The van der Waals surface area contributed by atoms with Crippen LogP contribution < -0.4 is 10.7 Å². The lowest BCUT2D eigenvalue weighted by Gasteiger charge is -2.15. The fraction of sp³-hybridized carbons (Fsp3) is 0.105. The van der Waals surface area contributed by atoms with Crippen LogP contribution in [0.1, 0.15) is 17.6 Å². The Labute approximate surface area is 165 Å². The molecule has 10 heteroatoms. The highest BCUT2D eigenvalue weighted by Crippen LogP contribution is 2.36. The number of aromatic nitrogens is 2. The number of halogens is 3. The number of nitrogens with one attached hydrogen (secondary N) is 1. The zero-order valence-corrected chi connectivity index (χ0v) is 15.3. The molecular weight excluding hydrogens is 407 g/mol. The Morgan fingerprint density at radius 2 is 2.00 bits per heavy atom. The topological polar surface area (TPSA) is 88.2 Å². The summed E-state index contributed by atoms with van der Waals surface area (Å²) in [4.78, 5) is 19.9. The summed E-state index contributed by atoms with van der Waals surface area (Å²) in [5, 5.41) is 14.8. The van der Waals surface area contributed by atoms with E-state index in [0.29, 0.717) is 5.69 Å². The molecule has 0 fully saturated rings. The number of pyridine rings is 1. The first-order valence-electron chi connectivity index (χ1n) is 8.27. The highest BCUT2D eigenvalue weighted by Gasteiger charge is 2.36. The summed E-state index contributed by atoms with van der Waals surface area (Å²) < 4.78 is 45.7. The number of aliphatic hydroxyl groups excluding tert-OH is 1. The van der Waals surface area contributed by atoms with E-state index in [1.165, 1.54) is 29.5 Å². The van der Waals surface area contributed by atoms with Crippen molar-refractivity contribution in [1.29, 1.82) is 0 Å². The fourth-order valence-electron chi connectivity index (χ4n) is 2.83. The summed E-state index contributed by atoms with van der Waals surface area (Å²) in [6.07, 6.45) is -4.89. The van der Waals surface area contributed by atoms with E-state index >= 15 is 0 Å². The van der Waals surface area contributed by atoms with Crippen molar-refractivity contribution in [3.05, 3.63) is 75.1 Å². The van der Waals surface area contributed by atoms with Gasteiger partial charge in [0.25, 0.3) is 0 Å². The fourth-order valence-corrected chi connectivity index (χ4v) is 3.40. The van der Waals surface area contributed by atoms with E-state index in [0.717, 1.165) is 12.3 Å². The van der Waals surface area contributed by atoms with Gasteiger partial charge in [0, 0.05) is 23.2 Å². The zero-order chi connectivity index (χ0) is 20.6. The van der Waals surface area contributed by atoms with E-state index in [1.54, 1.807) is 23.0 Å². The van der Waals surface area contributed by atoms with Crippen LogP contribution in [0, 0.1) is 0 Å². The lowest BCUT2D eigenvalue weighted by atomic mass is 10.1. The monoisotopic (exact) mass is 419 g/mol. The number of alkyl halides is 3. The minimum absolute atomic E-state index is 0.0151. The number of hydrogen-bond donors (Lipinski definition) is 2. The van der Waals surface area contributed by atoms with Gasteiger partial charge in [-0.1, -0.05) is 6.07 Å². The number of aliphatic hydroxyl groups is 1. The van der Waals surface area contributed by atoms with Gasteiger partial charge < -0.3 is 14.8 Å². The summed E-state index contributed by atoms with van der Waals surface area (Å²) in [6, 6.07) is 8.10. The van der Waals surface area contributed by atoms with E-state index in [1.807, 2.05) is 0 Å². The average molecular weight is 419 g/mol. The molecule has 0 spiro atoms. The molecule has 1 unspecified atom stereocenters. The van der Waals surface area contributed by atoms with Crippen molar-refractivity contribution < 1.29 is 22.7 Å². The van der Waals surface area contributed by atoms with Crippen molar-refractivity contribution in [2.24, 2.45) is 0 Å². The van der Waals surface area contributed by atoms with Crippen molar-refractivity contribution in [3.8, 4) is 11.3 Å². The van der Waals surface area contributed by atoms with Crippen LogP contribution in [0.5, 0.6) is 0 Å². The molecule has 3 heterocycles. The molecule has 2 N–H and O–H groups in total. The zero-order valence-electron chi connectivity index (χ0n) is 14.5. The second-order valence-corrected chi connectivity index (χ2v) is 6.73. The van der Waals surface area contributed by atoms with Crippen LogP contribution >= 0.6 is 11.3 Å². The number of para-hydroxylation sites is 1. The average Bonchev–Trinajstić information content (AvgIpc) is 3.23. The lowest BCUT2D eigenvalue weighted by Crippen LogP contribution is -2.12. The quantitative estimate of drug-likeness (QED) is 0.476. The molecule has 0 amide bonds. The molecule has 0 saturated heterocycles. The third-order valence-electron chi connectivity index (χ3n) is 4.12. The smallest absolute Gasteiger partial charge is 0.434 e. The van der Waals surface area contributed by atoms with Gasteiger partial charge in [0.05, 0.1) is 16.6 Å². The molecule has 148 valence electrons. The first kappa shape index (κ1) is 19.1. The Balaban J connectivity index is 1.86. The molecule has 6 nitrogen and oxygen atoms in total. The maximum Gasteiger partial charge on any atom is 0.434 e. The maximum absolute atomic E-state index is 13.3. The molecule has 1 atom stereocenters. The molecule has 0 aliphatic carbocycles. The van der Waals surface area contributed by atoms with E-state index in [9.17, 15) is 23.1 Å². The Morgan fingerprint density at radius 3 is 2.72 bits per heavy atom. The van der Waals surface area contributed by atoms with Gasteiger partial charge in [-0.3, -0.25) is 9.78 Å². The Morgan fingerprint density at radius 1 is 1.17 bits per heavy atom. The SMILES string of the molecule is O=c1cc(-c2cccnc2C(F)(F)F)oc2c(NC(O)c3cscn3)cccc12. The van der Waals surface area contributed by atoms with Crippen LogP contribution in [-0.2, 0) is 6.18 Å². The molecule has 1 aromatic carbocycles. The molecule has 0 saturated carbocycles. The Kier molecular flexibility index (Phi) is 4.81. The Hall–Kier alpha value is -3.24. The first-order chi connectivity index (χ1) is 13.8. The summed E-state index contributed by atoms with van der Waals surface area (Å²) in [7, 11) is 0. The van der Waals surface area contributed by atoms with Crippen LogP contribution in [0.15, 0.2) is 62.7 Å². The Bertz CT molecular complexity index is 1220. The largest absolute Gasteiger partial charge is 0.454 e. The van der Waals surface area contributed by atoms with Crippen molar-refractivity contribution >= 4 is 28.0 Å². The van der Waals surface area contributed by atoms with Crippen LogP contribution in [0.3, 0.4) is 0 Å². The third-order valence-corrected chi connectivity index (χ3v) is 4.72. The van der Waals surface area contributed by atoms with Crippen molar-refractivity contribution in [1.82, 2.24) is 9.97 Å². The first-order valence-corrected chi connectivity index (χ1v) is 9.21. The predicted molar refractivity (Wildman–Crippen MR) is 101 cm³/mol. The van der Waals surface area contributed by atoms with Crippen LogP contribution in [0.4, 0.5) is 18.9 Å². The van der Waals surface area contributed by atoms with Gasteiger partial charge in [-0.2, -0.15) is 13.2 Å². The lowest BCUT2D eigenvalue weighted by molar-refractivity contribution is -0.140. The molecule has 0 aliphatic heterocycles. The molecule has 3 aromatic heterocycles. The molecule has 29 heavy (non-hydrogen) atoms. The standard InChI is InChI=1S/C19H12F3N3O3S/c20-19(21,22)17-11(4-2-6-23-17)15-7-14(26)10-3-1-5-12(16(10)28-15)25-18(27)13-8-29-9-24-13/h1-9,18,25,27H. The highest BCUT2D eigenvalue weighted by atomic mass is 32.1. The van der Waals surface area contributed by atoms with Crippen molar-refractivity contribution in [2.75, 3.05) is 5.32 Å². The van der Waals surface area contributed by atoms with Gasteiger partial charge in [0.2, 0.25) is 0 Å². The second kappa shape index (κ2) is 7.30. The van der Waals surface area contributed by atoms with E-state index in [2.05, 4.69) is 15.3 Å². The number of fused-ring (bicyclic) bond motifs is 1. The van der Waals surface area contributed by atoms with Gasteiger partial charge in [-0.15, -0.1) is 11.3 Å². The van der Waals surface area contributed by atoms with E-state index < -0.39 is 23.5 Å². The van der Waals surface area contributed by atoms with Gasteiger partial charge in [0.15, 0.2) is 22.9 Å². The van der Waals surface area contributed by atoms with Crippen molar-refractivity contribution in [2.45, 2.75) is 12.4 Å². The second-order valence-electron chi connectivity index (χ2n) is 6.01. The normalized spacial score (nSPS) is 12.8. The highest BCUT2D eigenvalue weighted by molar-refractivity contribution is 7.07. The minimum atomic E-state index is -4.72.